The zero-order valence-corrected chi connectivity index (χ0v) is 13.8. The van der Waals surface area contributed by atoms with Gasteiger partial charge in [-0.1, -0.05) is 15.9 Å². The van der Waals surface area contributed by atoms with E-state index >= 15 is 0 Å². The fourth-order valence-corrected chi connectivity index (χ4v) is 2.52. The van der Waals surface area contributed by atoms with Gasteiger partial charge in [0.25, 0.3) is 5.91 Å². The van der Waals surface area contributed by atoms with Crippen molar-refractivity contribution < 1.29 is 9.53 Å². The third-order valence-corrected chi connectivity index (χ3v) is 3.53. The number of amides is 1. The molecule has 0 fully saturated rings. The summed E-state index contributed by atoms with van der Waals surface area (Å²) in [6.07, 6.45) is 0. The van der Waals surface area contributed by atoms with Crippen LogP contribution in [0.15, 0.2) is 22.7 Å². The van der Waals surface area contributed by atoms with Crippen molar-refractivity contribution in [1.82, 2.24) is 15.4 Å². The van der Waals surface area contributed by atoms with Gasteiger partial charge in [-0.2, -0.15) is 0 Å². The highest BCUT2D eigenvalue weighted by Gasteiger charge is 2.18. The van der Waals surface area contributed by atoms with Crippen LogP contribution >= 0.6 is 15.9 Å². The Morgan fingerprint density at radius 1 is 1.36 bits per heavy atom. The molecule has 1 aromatic carbocycles. The van der Waals surface area contributed by atoms with Crippen molar-refractivity contribution in [2.45, 2.75) is 20.5 Å². The topological polar surface area (TPSA) is 116 Å². The second-order valence-corrected chi connectivity index (χ2v) is 5.58. The number of halogens is 1. The van der Waals surface area contributed by atoms with Crippen LogP contribution in [-0.4, -0.2) is 15.9 Å². The number of carbonyl (C=O) groups is 1. The van der Waals surface area contributed by atoms with E-state index < -0.39 is 5.91 Å². The molecule has 0 unspecified atom stereocenters. The summed E-state index contributed by atoms with van der Waals surface area (Å²) in [5.74, 6) is 5.49. The van der Waals surface area contributed by atoms with E-state index in [1.54, 1.807) is 6.92 Å². The second-order valence-electron chi connectivity index (χ2n) is 4.66. The van der Waals surface area contributed by atoms with E-state index in [0.717, 1.165) is 10.0 Å². The van der Waals surface area contributed by atoms with Gasteiger partial charge in [-0.15, -0.1) is 0 Å². The van der Waals surface area contributed by atoms with Gasteiger partial charge in [0.05, 0.1) is 17.0 Å². The van der Waals surface area contributed by atoms with Gasteiger partial charge in [0.15, 0.2) is 0 Å². The van der Waals surface area contributed by atoms with Crippen LogP contribution in [0.25, 0.3) is 0 Å². The normalized spacial score (nSPS) is 10.4. The summed E-state index contributed by atoms with van der Waals surface area (Å²) in [6.45, 7) is 3.67. The lowest BCUT2D eigenvalue weighted by Crippen LogP contribution is -2.32. The molecule has 0 saturated carbocycles. The lowest BCUT2D eigenvalue weighted by atomic mass is 10.1. The number of nitrogens with zero attached hydrogens (tertiary/aromatic N) is 2. The fourth-order valence-electron chi connectivity index (χ4n) is 2.05. The summed E-state index contributed by atoms with van der Waals surface area (Å²) in [6, 6.07) is 5.64. The van der Waals surface area contributed by atoms with Crippen molar-refractivity contribution in [1.29, 1.82) is 0 Å². The zero-order chi connectivity index (χ0) is 16.3. The molecule has 0 atom stereocenters. The van der Waals surface area contributed by atoms with Crippen LogP contribution in [0.3, 0.4) is 0 Å². The molecule has 0 spiro atoms. The highest BCUT2D eigenvalue weighted by atomic mass is 79.9. The van der Waals surface area contributed by atoms with E-state index in [9.17, 15) is 4.79 Å². The Morgan fingerprint density at radius 2 is 2.09 bits per heavy atom. The lowest BCUT2D eigenvalue weighted by Gasteiger charge is -2.13. The average Bonchev–Trinajstić information content (AvgIpc) is 2.45. The molecule has 2 rings (SSSR count). The Hall–Kier alpha value is -2.19. The van der Waals surface area contributed by atoms with Gasteiger partial charge in [0, 0.05) is 4.47 Å². The summed E-state index contributed by atoms with van der Waals surface area (Å²) >= 11 is 3.39. The minimum atomic E-state index is -0.483. The van der Waals surface area contributed by atoms with Crippen LogP contribution < -0.4 is 21.7 Å². The molecule has 0 radical (unpaired) electrons. The van der Waals surface area contributed by atoms with Gasteiger partial charge in [-0.25, -0.2) is 15.8 Å². The number of ether oxygens (including phenoxy) is 1. The molecule has 0 saturated heterocycles. The van der Waals surface area contributed by atoms with E-state index in [4.69, 9.17) is 16.3 Å². The number of nitrogens with one attached hydrogen (secondary N) is 1. The van der Waals surface area contributed by atoms with Crippen LogP contribution in [0.4, 0.5) is 5.95 Å². The van der Waals surface area contributed by atoms with E-state index in [2.05, 4.69) is 31.3 Å². The molecule has 22 heavy (non-hydrogen) atoms. The number of hydrazine groups is 1. The molecule has 7 nitrogen and oxygen atoms in total. The first-order valence-corrected chi connectivity index (χ1v) is 7.24. The fraction of sp³-hybridized carbons (Fsp3) is 0.214. The maximum absolute atomic E-state index is 11.9. The zero-order valence-electron chi connectivity index (χ0n) is 12.2. The number of benzene rings is 1. The SMILES string of the molecule is Cc1cc(Br)ccc1OCc1nc(N)nc(C)c1C(=O)NN. The lowest BCUT2D eigenvalue weighted by molar-refractivity contribution is 0.0949. The van der Waals surface area contributed by atoms with Crippen molar-refractivity contribution in [2.24, 2.45) is 5.84 Å². The second kappa shape index (κ2) is 6.71. The Balaban J connectivity index is 2.30. The van der Waals surface area contributed by atoms with E-state index in [-0.39, 0.29) is 18.1 Å². The molecule has 0 aliphatic rings. The monoisotopic (exact) mass is 365 g/mol. The first-order chi connectivity index (χ1) is 10.4. The standard InChI is InChI=1S/C14H16BrN5O2/c1-7-5-9(15)3-4-11(7)22-6-10-12(13(21)20-17)8(2)18-14(16)19-10/h3-5H,6,17H2,1-2H3,(H,20,21)(H2,16,18,19). The molecular formula is C14H16BrN5O2. The number of hydrogen-bond acceptors (Lipinski definition) is 6. The number of nitrogen functional groups attached to an aromatic ring is 2. The first kappa shape index (κ1) is 16.2. The summed E-state index contributed by atoms with van der Waals surface area (Å²) in [4.78, 5) is 19.9. The predicted molar refractivity (Wildman–Crippen MR) is 86.0 cm³/mol. The molecule has 2 aromatic rings. The third-order valence-electron chi connectivity index (χ3n) is 3.04. The maximum atomic E-state index is 11.9. The Morgan fingerprint density at radius 3 is 2.73 bits per heavy atom. The van der Waals surface area contributed by atoms with Crippen molar-refractivity contribution in [3.63, 3.8) is 0 Å². The molecule has 1 amide bonds. The van der Waals surface area contributed by atoms with Crippen LogP contribution in [-0.2, 0) is 6.61 Å². The molecular weight excluding hydrogens is 350 g/mol. The first-order valence-electron chi connectivity index (χ1n) is 6.45. The number of hydrogen-bond donors (Lipinski definition) is 3. The predicted octanol–water partition coefficient (Wildman–Crippen LogP) is 1.62. The summed E-state index contributed by atoms with van der Waals surface area (Å²) < 4.78 is 6.70. The molecule has 1 aromatic heterocycles. The molecule has 0 aliphatic carbocycles. The van der Waals surface area contributed by atoms with E-state index in [0.29, 0.717) is 17.1 Å². The average molecular weight is 366 g/mol. The van der Waals surface area contributed by atoms with Crippen molar-refractivity contribution >= 4 is 27.8 Å². The van der Waals surface area contributed by atoms with Gasteiger partial charge in [-0.3, -0.25) is 10.2 Å². The molecule has 5 N–H and O–H groups in total. The van der Waals surface area contributed by atoms with Crippen molar-refractivity contribution in [2.75, 3.05) is 5.73 Å². The van der Waals surface area contributed by atoms with Crippen LogP contribution in [0, 0.1) is 13.8 Å². The van der Waals surface area contributed by atoms with Crippen LogP contribution in [0.1, 0.15) is 27.3 Å². The van der Waals surface area contributed by atoms with Gasteiger partial charge in [-0.05, 0) is 37.6 Å². The largest absolute Gasteiger partial charge is 0.487 e. The maximum Gasteiger partial charge on any atom is 0.269 e. The van der Waals surface area contributed by atoms with E-state index in [1.807, 2.05) is 25.1 Å². The van der Waals surface area contributed by atoms with E-state index in [1.165, 1.54) is 0 Å². The Bertz CT molecular complexity index is 721. The van der Waals surface area contributed by atoms with Crippen molar-refractivity contribution in [3.8, 4) is 5.75 Å². The smallest absolute Gasteiger partial charge is 0.269 e. The third kappa shape index (κ3) is 3.52. The highest BCUT2D eigenvalue weighted by molar-refractivity contribution is 9.10. The number of anilines is 1. The minimum absolute atomic E-state index is 0.0807. The number of aryl methyl sites for hydroxylation is 2. The van der Waals surface area contributed by atoms with Crippen molar-refractivity contribution in [3.05, 3.63) is 45.2 Å². The quantitative estimate of drug-likeness (QED) is 0.430. The number of carbonyl (C=O) groups excluding carboxylic acids is 1. The summed E-state index contributed by atoms with van der Waals surface area (Å²) in [5.41, 5.74) is 9.78. The molecule has 8 heteroatoms. The van der Waals surface area contributed by atoms with Gasteiger partial charge >= 0.3 is 0 Å². The van der Waals surface area contributed by atoms with Gasteiger partial charge < -0.3 is 10.5 Å². The summed E-state index contributed by atoms with van der Waals surface area (Å²) in [5, 5.41) is 0. The number of nitrogens with two attached hydrogens (primary N) is 2. The summed E-state index contributed by atoms with van der Waals surface area (Å²) in [7, 11) is 0. The van der Waals surface area contributed by atoms with Gasteiger partial charge in [0.1, 0.15) is 12.4 Å². The number of rotatable bonds is 4. The van der Waals surface area contributed by atoms with Gasteiger partial charge in [0.2, 0.25) is 5.95 Å². The molecule has 116 valence electrons. The molecule has 1 heterocycles. The van der Waals surface area contributed by atoms with Crippen LogP contribution in [0.5, 0.6) is 5.75 Å². The minimum Gasteiger partial charge on any atom is -0.487 e. The Kier molecular flexibility index (Phi) is 4.94. The Labute approximate surface area is 136 Å². The molecule has 0 bridgehead atoms. The van der Waals surface area contributed by atoms with Crippen LogP contribution in [0.2, 0.25) is 0 Å². The number of aromatic nitrogens is 2. The molecule has 0 aliphatic heterocycles. The highest BCUT2D eigenvalue weighted by Crippen LogP contribution is 2.23.